The van der Waals surface area contributed by atoms with Gasteiger partial charge in [0.05, 0.1) is 0 Å². The number of fused-ring (bicyclic) bond motifs is 4. The highest BCUT2D eigenvalue weighted by molar-refractivity contribution is 6.08. The molecule has 0 bridgehead atoms. The topological polar surface area (TPSA) is 0 Å². The number of rotatable bonds is 6. The van der Waals surface area contributed by atoms with E-state index in [1.807, 2.05) is 0 Å². The van der Waals surface area contributed by atoms with Gasteiger partial charge in [0, 0.05) is 5.41 Å². The Labute approximate surface area is 381 Å². The molecule has 65 heavy (non-hydrogen) atoms. The Hall–Kier alpha value is -7.80. The van der Waals surface area contributed by atoms with Crippen molar-refractivity contribution in [2.45, 2.75) is 32.1 Å². The molecule has 0 unspecified atom stereocenters. The van der Waals surface area contributed by atoms with E-state index in [4.69, 9.17) is 0 Å². The molecule has 0 aromatic heterocycles. The average molecular weight is 827 g/mol. The van der Waals surface area contributed by atoms with Crippen LogP contribution >= 0.6 is 0 Å². The second-order valence-corrected chi connectivity index (χ2v) is 18.7. The van der Waals surface area contributed by atoms with Gasteiger partial charge in [0.15, 0.2) is 0 Å². The van der Waals surface area contributed by atoms with E-state index in [0.717, 1.165) is 12.8 Å². The third-order valence-electron chi connectivity index (χ3n) is 14.8. The summed E-state index contributed by atoms with van der Waals surface area (Å²) in [7, 11) is 0. The molecule has 3 aliphatic carbocycles. The lowest BCUT2D eigenvalue weighted by Gasteiger charge is -2.24. The van der Waals surface area contributed by atoms with Gasteiger partial charge in [-0.05, 0) is 158 Å². The van der Waals surface area contributed by atoms with Crippen LogP contribution in [0.1, 0.15) is 48.1 Å². The van der Waals surface area contributed by atoms with Crippen molar-refractivity contribution in [1.29, 1.82) is 0 Å². The quantitative estimate of drug-likeness (QED) is 0.157. The van der Waals surface area contributed by atoms with Gasteiger partial charge in [-0.3, -0.25) is 0 Å². The highest BCUT2D eigenvalue weighted by Gasteiger charge is 2.36. The van der Waals surface area contributed by atoms with Gasteiger partial charge in [0.25, 0.3) is 0 Å². The van der Waals surface area contributed by atoms with Crippen molar-refractivity contribution in [1.82, 2.24) is 0 Å². The van der Waals surface area contributed by atoms with Crippen molar-refractivity contribution in [2.75, 3.05) is 0 Å². The Balaban J connectivity index is 0.730. The SMILES string of the molecule is CC1(C)c2cc(-c3ccc(-c4ccc(-c5cccc6ccccc56)cc4)cc3)ccc2-c2ccc(-c3ccc(-c4ccc(-c5ccc6c7c8c(ccc57)C=CCC8=CC6)cc4)cc3)cc21. The van der Waals surface area contributed by atoms with E-state index in [-0.39, 0.29) is 5.41 Å². The van der Waals surface area contributed by atoms with Crippen LogP contribution in [0.2, 0.25) is 0 Å². The average Bonchev–Trinajstić information content (AvgIpc) is 3.60. The lowest BCUT2D eigenvalue weighted by Crippen LogP contribution is -2.15. The number of allylic oxidation sites excluding steroid dienone is 3. The lowest BCUT2D eigenvalue weighted by atomic mass is 9.80. The molecule has 0 aliphatic heterocycles. The molecule has 0 N–H and O–H groups in total. The Morgan fingerprint density at radius 3 is 1.43 bits per heavy atom. The summed E-state index contributed by atoms with van der Waals surface area (Å²) in [6.45, 7) is 4.77. The van der Waals surface area contributed by atoms with Crippen molar-refractivity contribution in [3.8, 4) is 77.9 Å². The number of hydrogen-bond acceptors (Lipinski definition) is 0. The maximum Gasteiger partial charge on any atom is 0.0159 e. The summed E-state index contributed by atoms with van der Waals surface area (Å²) in [6, 6.07) is 75.0. The van der Waals surface area contributed by atoms with E-state index in [9.17, 15) is 0 Å². The maximum absolute atomic E-state index is 2.43. The van der Waals surface area contributed by atoms with E-state index in [0.29, 0.717) is 0 Å². The summed E-state index contributed by atoms with van der Waals surface area (Å²) in [4.78, 5) is 0. The second-order valence-electron chi connectivity index (χ2n) is 18.7. The molecule has 0 fully saturated rings. The number of benzene rings is 10. The molecule has 306 valence electrons. The zero-order valence-electron chi connectivity index (χ0n) is 36.7. The van der Waals surface area contributed by atoms with Crippen molar-refractivity contribution in [3.63, 3.8) is 0 Å². The van der Waals surface area contributed by atoms with Crippen LogP contribution in [0, 0.1) is 0 Å². The molecule has 13 rings (SSSR count). The fourth-order valence-corrected chi connectivity index (χ4v) is 11.2. The Bertz CT molecular complexity index is 3610. The largest absolute Gasteiger partial charge is 0.0795 e. The minimum absolute atomic E-state index is 0.123. The van der Waals surface area contributed by atoms with E-state index in [2.05, 4.69) is 232 Å². The summed E-state index contributed by atoms with van der Waals surface area (Å²) in [5.41, 5.74) is 26.0. The Morgan fingerprint density at radius 1 is 0.369 bits per heavy atom. The van der Waals surface area contributed by atoms with Gasteiger partial charge in [-0.2, -0.15) is 0 Å². The lowest BCUT2D eigenvalue weighted by molar-refractivity contribution is 0.661. The van der Waals surface area contributed by atoms with Gasteiger partial charge in [-0.1, -0.05) is 220 Å². The molecule has 0 saturated carbocycles. The van der Waals surface area contributed by atoms with Crippen LogP contribution < -0.4 is 0 Å². The minimum atomic E-state index is -0.123. The van der Waals surface area contributed by atoms with Gasteiger partial charge in [0.1, 0.15) is 0 Å². The van der Waals surface area contributed by atoms with Crippen LogP contribution in [0.25, 0.3) is 111 Å². The second kappa shape index (κ2) is 14.6. The van der Waals surface area contributed by atoms with Crippen molar-refractivity contribution < 1.29 is 0 Å². The molecule has 3 aliphatic rings. The van der Waals surface area contributed by atoms with Gasteiger partial charge in [-0.25, -0.2) is 0 Å². The van der Waals surface area contributed by atoms with Gasteiger partial charge >= 0.3 is 0 Å². The molecule has 0 nitrogen and oxygen atoms in total. The molecular formula is C65H46. The highest BCUT2D eigenvalue weighted by atomic mass is 14.4. The van der Waals surface area contributed by atoms with Crippen LogP contribution in [0.3, 0.4) is 0 Å². The molecule has 0 spiro atoms. The van der Waals surface area contributed by atoms with Crippen LogP contribution in [0.5, 0.6) is 0 Å². The van der Waals surface area contributed by atoms with Crippen LogP contribution in [0.4, 0.5) is 0 Å². The Kier molecular flexibility index (Phi) is 8.49. The summed E-state index contributed by atoms with van der Waals surface area (Å²) in [5, 5.41) is 5.37. The summed E-state index contributed by atoms with van der Waals surface area (Å²) in [6.07, 6.45) is 9.08. The first-order chi connectivity index (χ1) is 31.9. The number of hydrogen-bond donors (Lipinski definition) is 0. The molecule has 0 radical (unpaired) electrons. The third kappa shape index (κ3) is 6.12. The minimum Gasteiger partial charge on any atom is -0.0795 e. The van der Waals surface area contributed by atoms with Gasteiger partial charge < -0.3 is 0 Å². The van der Waals surface area contributed by atoms with Crippen LogP contribution in [-0.2, 0) is 11.8 Å². The standard InChI is InChI=1S/C65H46/c1-65(2)61-39-53(45-17-13-41(14-18-45)43-21-25-48(26-22-43)56-12-6-8-47-7-3-4-11-55(47)56)33-36-58(61)59-37-34-54(40-62(59)65)46-19-15-42(16-20-46)44-23-27-49(28-24-44)57-35-31-52-30-29-50-9-5-10-51-32-38-60(57)64(52)63(50)51/h3-8,10-29,31-40H,9,30H2,1-2H3. The van der Waals surface area contributed by atoms with E-state index >= 15 is 0 Å². The fraction of sp³-hybridized carbons (Fsp3) is 0.0769. The van der Waals surface area contributed by atoms with Gasteiger partial charge in [0.2, 0.25) is 0 Å². The molecule has 0 heteroatoms. The molecule has 10 aromatic carbocycles. The first-order valence-corrected chi connectivity index (χ1v) is 23.1. The highest BCUT2D eigenvalue weighted by Crippen LogP contribution is 2.51. The van der Waals surface area contributed by atoms with Gasteiger partial charge in [-0.15, -0.1) is 0 Å². The Morgan fingerprint density at radius 2 is 0.846 bits per heavy atom. The zero-order chi connectivity index (χ0) is 43.2. The summed E-state index contributed by atoms with van der Waals surface area (Å²) in [5.74, 6) is 0. The van der Waals surface area contributed by atoms with Crippen molar-refractivity contribution >= 4 is 33.2 Å². The molecule has 0 saturated heterocycles. The van der Waals surface area contributed by atoms with Crippen LogP contribution in [-0.4, -0.2) is 0 Å². The van der Waals surface area contributed by atoms with Crippen molar-refractivity contribution in [2.24, 2.45) is 0 Å². The normalized spacial score (nSPS) is 14.0. The molecule has 0 amide bonds. The molecule has 0 atom stereocenters. The first kappa shape index (κ1) is 37.7. The molecule has 10 aromatic rings. The van der Waals surface area contributed by atoms with E-state index in [1.54, 1.807) is 0 Å². The third-order valence-corrected chi connectivity index (χ3v) is 14.8. The monoisotopic (exact) mass is 826 g/mol. The maximum atomic E-state index is 2.43. The fourth-order valence-electron chi connectivity index (χ4n) is 11.2. The smallest absolute Gasteiger partial charge is 0.0159 e. The van der Waals surface area contributed by atoms with Crippen molar-refractivity contribution in [3.05, 3.63) is 240 Å². The zero-order valence-corrected chi connectivity index (χ0v) is 36.7. The summed E-state index contributed by atoms with van der Waals surface area (Å²) < 4.78 is 0. The predicted octanol–water partition coefficient (Wildman–Crippen LogP) is 17.7. The molecular weight excluding hydrogens is 781 g/mol. The predicted molar refractivity (Wildman–Crippen MR) is 277 cm³/mol. The van der Waals surface area contributed by atoms with Crippen LogP contribution in [0.15, 0.2) is 212 Å². The summed E-state index contributed by atoms with van der Waals surface area (Å²) >= 11 is 0. The first-order valence-electron chi connectivity index (χ1n) is 23.1. The molecule has 0 heterocycles. The van der Waals surface area contributed by atoms with E-state index in [1.165, 1.54) is 133 Å². The van der Waals surface area contributed by atoms with E-state index < -0.39 is 0 Å².